The Hall–Kier alpha value is -1.69. The van der Waals surface area contributed by atoms with Crippen molar-refractivity contribution in [2.45, 2.75) is 33.7 Å². The molecule has 0 fully saturated rings. The van der Waals surface area contributed by atoms with Crippen molar-refractivity contribution in [3.63, 3.8) is 0 Å². The highest BCUT2D eigenvalue weighted by molar-refractivity contribution is 5.86. The standard InChI is InChI=1S/C15H26N6/c1-6-11(3)9-21(7-2)10-13-18-14(16-4)12-8-17-20(5)15(12)19-13/h8,11H,6-7,9-10H2,1-5H3,(H,16,18,19). The molecule has 0 saturated heterocycles. The Bertz CT molecular complexity index is 591. The van der Waals surface area contributed by atoms with Gasteiger partial charge >= 0.3 is 0 Å². The van der Waals surface area contributed by atoms with Crippen LogP contribution in [0.5, 0.6) is 0 Å². The predicted molar refractivity (Wildman–Crippen MR) is 86.3 cm³/mol. The Balaban J connectivity index is 2.26. The fourth-order valence-corrected chi connectivity index (χ4v) is 2.40. The van der Waals surface area contributed by atoms with Crippen molar-refractivity contribution < 1.29 is 0 Å². The topological polar surface area (TPSA) is 58.9 Å². The third-order valence-corrected chi connectivity index (χ3v) is 3.95. The number of aromatic nitrogens is 4. The Morgan fingerprint density at radius 2 is 2.10 bits per heavy atom. The van der Waals surface area contributed by atoms with E-state index in [0.29, 0.717) is 5.92 Å². The molecule has 2 aromatic rings. The lowest BCUT2D eigenvalue weighted by Gasteiger charge is -2.23. The molecule has 6 nitrogen and oxygen atoms in total. The number of nitrogens with one attached hydrogen (secondary N) is 1. The first-order valence-corrected chi connectivity index (χ1v) is 7.67. The largest absolute Gasteiger partial charge is 0.372 e. The van der Waals surface area contributed by atoms with Gasteiger partial charge in [0.25, 0.3) is 0 Å². The molecule has 0 radical (unpaired) electrons. The summed E-state index contributed by atoms with van der Waals surface area (Å²) < 4.78 is 1.80. The minimum Gasteiger partial charge on any atom is -0.372 e. The molecule has 1 atom stereocenters. The van der Waals surface area contributed by atoms with Gasteiger partial charge in [0.15, 0.2) is 5.65 Å². The first kappa shape index (κ1) is 15.7. The van der Waals surface area contributed by atoms with E-state index in [4.69, 9.17) is 0 Å². The molecule has 0 aromatic carbocycles. The van der Waals surface area contributed by atoms with Crippen molar-refractivity contribution in [2.75, 3.05) is 25.5 Å². The molecule has 2 aromatic heterocycles. The summed E-state index contributed by atoms with van der Waals surface area (Å²) in [6.45, 7) is 9.56. The number of fused-ring (bicyclic) bond motifs is 1. The summed E-state index contributed by atoms with van der Waals surface area (Å²) in [5.41, 5.74) is 0.879. The first-order chi connectivity index (χ1) is 10.1. The van der Waals surface area contributed by atoms with Crippen LogP contribution in [0, 0.1) is 5.92 Å². The molecule has 2 rings (SSSR count). The minimum absolute atomic E-state index is 0.689. The van der Waals surface area contributed by atoms with E-state index in [1.807, 2.05) is 20.3 Å². The van der Waals surface area contributed by atoms with Crippen LogP contribution in [-0.4, -0.2) is 44.8 Å². The summed E-state index contributed by atoms with van der Waals surface area (Å²) in [6.07, 6.45) is 3.00. The zero-order valence-corrected chi connectivity index (χ0v) is 13.7. The lowest BCUT2D eigenvalue weighted by Crippen LogP contribution is -2.28. The molecule has 1 unspecified atom stereocenters. The van der Waals surface area contributed by atoms with Crippen LogP contribution in [0.25, 0.3) is 11.0 Å². The van der Waals surface area contributed by atoms with Gasteiger partial charge in [-0.05, 0) is 12.5 Å². The molecule has 0 aliphatic heterocycles. The second kappa shape index (κ2) is 6.85. The van der Waals surface area contributed by atoms with E-state index >= 15 is 0 Å². The molecule has 0 amide bonds. The smallest absolute Gasteiger partial charge is 0.163 e. The molecule has 0 aliphatic rings. The fraction of sp³-hybridized carbons (Fsp3) is 0.667. The van der Waals surface area contributed by atoms with Crippen LogP contribution in [-0.2, 0) is 13.6 Å². The number of aryl methyl sites for hydroxylation is 1. The van der Waals surface area contributed by atoms with Gasteiger partial charge in [-0.3, -0.25) is 9.58 Å². The van der Waals surface area contributed by atoms with Crippen molar-refractivity contribution in [3.8, 4) is 0 Å². The zero-order valence-electron chi connectivity index (χ0n) is 13.7. The SMILES string of the molecule is CCC(C)CN(CC)Cc1nc(NC)c2cnn(C)c2n1. The van der Waals surface area contributed by atoms with Crippen molar-refractivity contribution >= 4 is 16.9 Å². The van der Waals surface area contributed by atoms with Gasteiger partial charge in [-0.1, -0.05) is 27.2 Å². The molecule has 0 aliphatic carbocycles. The Morgan fingerprint density at radius 3 is 2.71 bits per heavy atom. The molecular weight excluding hydrogens is 264 g/mol. The molecule has 1 N–H and O–H groups in total. The van der Waals surface area contributed by atoms with Gasteiger partial charge in [0.2, 0.25) is 0 Å². The molecule has 0 bridgehead atoms. The molecule has 6 heteroatoms. The maximum absolute atomic E-state index is 4.67. The lowest BCUT2D eigenvalue weighted by molar-refractivity contribution is 0.233. The van der Waals surface area contributed by atoms with Gasteiger partial charge in [0.1, 0.15) is 11.6 Å². The highest BCUT2D eigenvalue weighted by atomic mass is 15.3. The van der Waals surface area contributed by atoms with Gasteiger partial charge in [-0.25, -0.2) is 9.97 Å². The van der Waals surface area contributed by atoms with Crippen LogP contribution in [0.2, 0.25) is 0 Å². The number of rotatable bonds is 7. The van der Waals surface area contributed by atoms with Crippen LogP contribution in [0.15, 0.2) is 6.20 Å². The van der Waals surface area contributed by atoms with E-state index in [1.165, 1.54) is 6.42 Å². The summed E-state index contributed by atoms with van der Waals surface area (Å²) in [5.74, 6) is 2.39. The van der Waals surface area contributed by atoms with Crippen LogP contribution < -0.4 is 5.32 Å². The molecule has 21 heavy (non-hydrogen) atoms. The number of hydrogen-bond acceptors (Lipinski definition) is 5. The van der Waals surface area contributed by atoms with Crippen LogP contribution in [0.3, 0.4) is 0 Å². The van der Waals surface area contributed by atoms with Crippen LogP contribution >= 0.6 is 0 Å². The predicted octanol–water partition coefficient (Wildman–Crippen LogP) is 2.27. The van der Waals surface area contributed by atoms with Gasteiger partial charge in [-0.15, -0.1) is 0 Å². The second-order valence-corrected chi connectivity index (χ2v) is 5.59. The highest BCUT2D eigenvalue weighted by Gasteiger charge is 2.14. The molecule has 2 heterocycles. The van der Waals surface area contributed by atoms with E-state index in [1.54, 1.807) is 4.68 Å². The van der Waals surface area contributed by atoms with E-state index in [-0.39, 0.29) is 0 Å². The molecular formula is C15H26N6. The number of nitrogens with zero attached hydrogens (tertiary/aromatic N) is 5. The quantitative estimate of drug-likeness (QED) is 0.847. The van der Waals surface area contributed by atoms with Gasteiger partial charge in [0.05, 0.1) is 18.1 Å². The normalized spacial score (nSPS) is 13.0. The maximum atomic E-state index is 4.67. The third-order valence-electron chi connectivity index (χ3n) is 3.95. The van der Waals surface area contributed by atoms with Crippen molar-refractivity contribution in [1.82, 2.24) is 24.6 Å². The molecule has 0 spiro atoms. The Labute approximate surface area is 126 Å². The zero-order chi connectivity index (χ0) is 15.4. The van der Waals surface area contributed by atoms with E-state index in [2.05, 4.69) is 46.1 Å². The Kier molecular flexibility index (Phi) is 5.12. The maximum Gasteiger partial charge on any atom is 0.163 e. The number of hydrogen-bond donors (Lipinski definition) is 1. The lowest BCUT2D eigenvalue weighted by atomic mass is 10.1. The van der Waals surface area contributed by atoms with Crippen LogP contribution in [0.1, 0.15) is 33.0 Å². The number of anilines is 1. The molecule has 116 valence electrons. The summed E-state index contributed by atoms with van der Waals surface area (Å²) in [6, 6.07) is 0. The summed E-state index contributed by atoms with van der Waals surface area (Å²) in [7, 11) is 3.80. The van der Waals surface area contributed by atoms with Crippen molar-refractivity contribution in [1.29, 1.82) is 0 Å². The first-order valence-electron chi connectivity index (χ1n) is 7.67. The van der Waals surface area contributed by atoms with Crippen molar-refractivity contribution in [2.24, 2.45) is 13.0 Å². The van der Waals surface area contributed by atoms with Crippen molar-refractivity contribution in [3.05, 3.63) is 12.0 Å². The summed E-state index contributed by atoms with van der Waals surface area (Å²) in [5, 5.41) is 8.38. The fourth-order valence-electron chi connectivity index (χ4n) is 2.40. The van der Waals surface area contributed by atoms with E-state index in [9.17, 15) is 0 Å². The third kappa shape index (κ3) is 3.50. The van der Waals surface area contributed by atoms with Crippen LogP contribution in [0.4, 0.5) is 5.82 Å². The average Bonchev–Trinajstić information content (AvgIpc) is 2.87. The van der Waals surface area contributed by atoms with E-state index in [0.717, 1.165) is 42.3 Å². The molecule has 0 saturated carbocycles. The van der Waals surface area contributed by atoms with Gasteiger partial charge in [-0.2, -0.15) is 5.10 Å². The minimum atomic E-state index is 0.689. The van der Waals surface area contributed by atoms with Gasteiger partial charge < -0.3 is 5.32 Å². The highest BCUT2D eigenvalue weighted by Crippen LogP contribution is 2.19. The summed E-state index contributed by atoms with van der Waals surface area (Å²) in [4.78, 5) is 11.7. The van der Waals surface area contributed by atoms with E-state index < -0.39 is 0 Å². The average molecular weight is 290 g/mol. The Morgan fingerprint density at radius 1 is 1.33 bits per heavy atom. The van der Waals surface area contributed by atoms with Gasteiger partial charge in [0, 0.05) is 20.6 Å². The summed E-state index contributed by atoms with van der Waals surface area (Å²) >= 11 is 0. The second-order valence-electron chi connectivity index (χ2n) is 5.59. The monoisotopic (exact) mass is 290 g/mol.